The molecule has 2 aromatic rings. The Kier molecular flexibility index (Phi) is 5.51. The van der Waals surface area contributed by atoms with Gasteiger partial charge < -0.3 is 10.6 Å². The van der Waals surface area contributed by atoms with Gasteiger partial charge in [0.25, 0.3) is 0 Å². The average Bonchev–Trinajstić information content (AvgIpc) is 2.56. The van der Waals surface area contributed by atoms with Gasteiger partial charge in [0.2, 0.25) is 0 Å². The van der Waals surface area contributed by atoms with Crippen LogP contribution in [0.5, 0.6) is 0 Å². The molecular weight excluding hydrogens is 327 g/mol. The first-order valence-electron chi connectivity index (χ1n) is 7.73. The third-order valence-corrected chi connectivity index (χ3v) is 5.24. The van der Waals surface area contributed by atoms with Gasteiger partial charge in [-0.3, -0.25) is 0 Å². The molecule has 0 saturated carbocycles. The summed E-state index contributed by atoms with van der Waals surface area (Å²) in [6.45, 7) is 0.785. The van der Waals surface area contributed by atoms with Crippen LogP contribution in [0.1, 0.15) is 23.6 Å². The third-order valence-electron chi connectivity index (χ3n) is 3.86. The van der Waals surface area contributed by atoms with Crippen LogP contribution < -0.4 is 10.6 Å². The maximum atomic E-state index is 13.5. The fraction of sp³-hybridized carbons (Fsp3) is 0.278. The van der Waals surface area contributed by atoms with Crippen LogP contribution in [0, 0.1) is 5.82 Å². The van der Waals surface area contributed by atoms with E-state index in [9.17, 15) is 4.39 Å². The molecule has 0 unspecified atom stereocenters. The van der Waals surface area contributed by atoms with Crippen LogP contribution in [0.25, 0.3) is 0 Å². The number of benzene rings is 2. The minimum absolute atomic E-state index is 0.0821. The van der Waals surface area contributed by atoms with Gasteiger partial charge in [0.05, 0.1) is 6.04 Å². The van der Waals surface area contributed by atoms with Crippen LogP contribution >= 0.6 is 24.0 Å². The SMILES string of the molecule is Fc1ccc2c(c1)[C@H](NC(=S)NCCc1ccccc1)CCS2. The van der Waals surface area contributed by atoms with Gasteiger partial charge in [0.1, 0.15) is 5.82 Å². The third kappa shape index (κ3) is 4.45. The number of fused-ring (bicyclic) bond motifs is 1. The van der Waals surface area contributed by atoms with Gasteiger partial charge in [-0.1, -0.05) is 30.3 Å². The number of rotatable bonds is 4. The van der Waals surface area contributed by atoms with E-state index in [2.05, 4.69) is 22.8 Å². The molecule has 2 aromatic carbocycles. The number of hydrogen-bond acceptors (Lipinski definition) is 2. The lowest BCUT2D eigenvalue weighted by molar-refractivity contribution is 0.581. The average molecular weight is 346 g/mol. The second-order valence-corrected chi connectivity index (χ2v) is 7.05. The van der Waals surface area contributed by atoms with Gasteiger partial charge in [0, 0.05) is 17.2 Å². The van der Waals surface area contributed by atoms with E-state index in [4.69, 9.17) is 12.2 Å². The molecule has 0 amide bonds. The minimum Gasteiger partial charge on any atom is -0.362 e. The molecule has 1 aliphatic heterocycles. The lowest BCUT2D eigenvalue weighted by Crippen LogP contribution is -2.39. The Bertz CT molecular complexity index is 676. The maximum absolute atomic E-state index is 13.5. The van der Waals surface area contributed by atoms with Crippen LogP contribution in [0.4, 0.5) is 4.39 Å². The van der Waals surface area contributed by atoms with Crippen molar-refractivity contribution < 1.29 is 4.39 Å². The highest BCUT2D eigenvalue weighted by atomic mass is 32.2. The number of nitrogens with one attached hydrogen (secondary N) is 2. The molecule has 0 spiro atoms. The zero-order valence-electron chi connectivity index (χ0n) is 12.7. The molecule has 0 radical (unpaired) electrons. The highest BCUT2D eigenvalue weighted by Crippen LogP contribution is 2.36. The number of thioether (sulfide) groups is 1. The van der Waals surface area contributed by atoms with Crippen LogP contribution in [-0.4, -0.2) is 17.4 Å². The van der Waals surface area contributed by atoms with Crippen molar-refractivity contribution in [2.45, 2.75) is 23.8 Å². The van der Waals surface area contributed by atoms with Crippen molar-refractivity contribution >= 4 is 29.1 Å². The number of hydrogen-bond donors (Lipinski definition) is 2. The summed E-state index contributed by atoms with van der Waals surface area (Å²) in [7, 11) is 0. The normalized spacial score (nSPS) is 16.5. The molecule has 0 aromatic heterocycles. The summed E-state index contributed by atoms with van der Waals surface area (Å²) in [6.07, 6.45) is 1.87. The van der Waals surface area contributed by atoms with Crippen molar-refractivity contribution in [3.05, 3.63) is 65.5 Å². The summed E-state index contributed by atoms with van der Waals surface area (Å²) < 4.78 is 13.5. The first kappa shape index (κ1) is 16.3. The molecule has 3 rings (SSSR count). The van der Waals surface area contributed by atoms with E-state index >= 15 is 0 Å². The maximum Gasteiger partial charge on any atom is 0.166 e. The van der Waals surface area contributed by atoms with Crippen molar-refractivity contribution in [1.82, 2.24) is 10.6 Å². The number of halogens is 1. The van der Waals surface area contributed by atoms with Crippen molar-refractivity contribution in [3.63, 3.8) is 0 Å². The Morgan fingerprint density at radius 1 is 1.22 bits per heavy atom. The van der Waals surface area contributed by atoms with E-state index in [1.165, 1.54) is 11.6 Å². The van der Waals surface area contributed by atoms with E-state index in [1.807, 2.05) is 24.3 Å². The summed E-state index contributed by atoms with van der Waals surface area (Å²) in [5.41, 5.74) is 2.29. The van der Waals surface area contributed by atoms with E-state index in [0.717, 1.165) is 35.6 Å². The van der Waals surface area contributed by atoms with Crippen molar-refractivity contribution in [3.8, 4) is 0 Å². The van der Waals surface area contributed by atoms with Crippen molar-refractivity contribution in [2.75, 3.05) is 12.3 Å². The molecule has 0 saturated heterocycles. The van der Waals surface area contributed by atoms with Crippen LogP contribution in [0.2, 0.25) is 0 Å². The van der Waals surface area contributed by atoms with Gasteiger partial charge in [-0.15, -0.1) is 11.8 Å². The Labute approximate surface area is 145 Å². The van der Waals surface area contributed by atoms with Gasteiger partial charge in [0.15, 0.2) is 5.11 Å². The minimum atomic E-state index is -0.194. The summed E-state index contributed by atoms with van der Waals surface area (Å²) in [5, 5.41) is 7.20. The summed E-state index contributed by atoms with van der Waals surface area (Å²) in [5.74, 6) is 0.823. The fourth-order valence-electron chi connectivity index (χ4n) is 2.69. The fourth-order valence-corrected chi connectivity index (χ4v) is 4.04. The summed E-state index contributed by atoms with van der Waals surface area (Å²) >= 11 is 7.16. The Morgan fingerprint density at radius 3 is 2.87 bits per heavy atom. The summed E-state index contributed by atoms with van der Waals surface area (Å²) in [6, 6.07) is 15.4. The van der Waals surface area contributed by atoms with Gasteiger partial charge in [-0.2, -0.15) is 0 Å². The molecular formula is C18H19FN2S2. The monoisotopic (exact) mass is 346 g/mol. The largest absolute Gasteiger partial charge is 0.362 e. The molecule has 1 aliphatic rings. The molecule has 2 N–H and O–H groups in total. The predicted octanol–water partition coefficient (Wildman–Crippen LogP) is 4.07. The van der Waals surface area contributed by atoms with E-state index in [1.54, 1.807) is 17.8 Å². The predicted molar refractivity (Wildman–Crippen MR) is 98.4 cm³/mol. The highest BCUT2D eigenvalue weighted by molar-refractivity contribution is 7.99. The Morgan fingerprint density at radius 2 is 2.04 bits per heavy atom. The molecule has 2 nitrogen and oxygen atoms in total. The topological polar surface area (TPSA) is 24.1 Å². The molecule has 0 aliphatic carbocycles. The molecule has 1 atom stereocenters. The molecule has 5 heteroatoms. The van der Waals surface area contributed by atoms with E-state index < -0.39 is 0 Å². The Balaban J connectivity index is 1.54. The summed E-state index contributed by atoms with van der Waals surface area (Å²) in [4.78, 5) is 1.14. The highest BCUT2D eigenvalue weighted by Gasteiger charge is 2.21. The second-order valence-electron chi connectivity index (χ2n) is 5.51. The second kappa shape index (κ2) is 7.79. The zero-order chi connectivity index (χ0) is 16.1. The molecule has 23 heavy (non-hydrogen) atoms. The first-order chi connectivity index (χ1) is 11.2. The molecule has 1 heterocycles. The standard InChI is InChI=1S/C18H19FN2S2/c19-14-6-7-17-15(12-14)16(9-11-23-17)21-18(22)20-10-8-13-4-2-1-3-5-13/h1-7,12,16H,8-11H2,(H2,20,21,22)/t16-/m1/s1. The smallest absolute Gasteiger partial charge is 0.166 e. The zero-order valence-corrected chi connectivity index (χ0v) is 14.4. The number of thiocarbonyl (C=S) groups is 1. The quantitative estimate of drug-likeness (QED) is 0.815. The van der Waals surface area contributed by atoms with Crippen LogP contribution in [0.3, 0.4) is 0 Å². The van der Waals surface area contributed by atoms with Crippen LogP contribution in [0.15, 0.2) is 53.4 Å². The first-order valence-corrected chi connectivity index (χ1v) is 9.12. The molecule has 0 bridgehead atoms. The van der Waals surface area contributed by atoms with E-state index in [0.29, 0.717) is 5.11 Å². The van der Waals surface area contributed by atoms with Gasteiger partial charge in [-0.05, 0) is 54.4 Å². The molecule has 120 valence electrons. The lowest BCUT2D eigenvalue weighted by atomic mass is 10.0. The van der Waals surface area contributed by atoms with Crippen LogP contribution in [-0.2, 0) is 6.42 Å². The van der Waals surface area contributed by atoms with Gasteiger partial charge >= 0.3 is 0 Å². The van der Waals surface area contributed by atoms with Gasteiger partial charge in [-0.25, -0.2) is 4.39 Å². The Hall–Kier alpha value is -1.59. The van der Waals surface area contributed by atoms with Crippen molar-refractivity contribution in [2.24, 2.45) is 0 Å². The van der Waals surface area contributed by atoms with E-state index in [-0.39, 0.29) is 11.9 Å². The molecule has 0 fully saturated rings. The lowest BCUT2D eigenvalue weighted by Gasteiger charge is -2.27. The van der Waals surface area contributed by atoms with Crippen molar-refractivity contribution in [1.29, 1.82) is 0 Å².